The number of phenolic OH excluding ortho intramolecular Hbond substituents is 1. The molecule has 2 aromatic carbocycles. The SMILES string of the molecule is COc1cc(O)cc(OC)c1-c1ccc(C(=O)C(F)(F)F)cc1. The number of ketones is 1. The van der Waals surface area contributed by atoms with Crippen molar-refractivity contribution in [3.8, 4) is 28.4 Å². The number of hydrogen-bond donors (Lipinski definition) is 1. The highest BCUT2D eigenvalue weighted by atomic mass is 19.4. The van der Waals surface area contributed by atoms with E-state index in [2.05, 4.69) is 0 Å². The van der Waals surface area contributed by atoms with Gasteiger partial charge in [-0.1, -0.05) is 24.3 Å². The minimum absolute atomic E-state index is 0.0775. The van der Waals surface area contributed by atoms with Gasteiger partial charge in [0.25, 0.3) is 5.78 Å². The van der Waals surface area contributed by atoms with E-state index >= 15 is 0 Å². The summed E-state index contributed by atoms with van der Waals surface area (Å²) in [7, 11) is 2.78. The molecule has 0 radical (unpaired) electrons. The molecule has 0 aromatic heterocycles. The lowest BCUT2D eigenvalue weighted by Crippen LogP contribution is -2.22. The molecule has 0 aliphatic heterocycles. The van der Waals surface area contributed by atoms with Crippen LogP contribution >= 0.6 is 0 Å². The number of hydrogen-bond acceptors (Lipinski definition) is 4. The molecule has 122 valence electrons. The average molecular weight is 326 g/mol. The summed E-state index contributed by atoms with van der Waals surface area (Å²) in [4.78, 5) is 11.2. The summed E-state index contributed by atoms with van der Waals surface area (Å²) in [6.45, 7) is 0. The van der Waals surface area contributed by atoms with Gasteiger partial charge in [0.05, 0.1) is 19.8 Å². The fourth-order valence-electron chi connectivity index (χ4n) is 2.13. The van der Waals surface area contributed by atoms with E-state index in [1.165, 1.54) is 38.5 Å². The largest absolute Gasteiger partial charge is 0.508 e. The Balaban J connectivity index is 2.50. The van der Waals surface area contributed by atoms with Gasteiger partial charge in [0, 0.05) is 17.7 Å². The zero-order chi connectivity index (χ0) is 17.2. The molecule has 0 aliphatic carbocycles. The Labute approximate surface area is 130 Å². The normalized spacial score (nSPS) is 11.2. The summed E-state index contributed by atoms with van der Waals surface area (Å²) in [6.07, 6.45) is -4.92. The van der Waals surface area contributed by atoms with E-state index in [0.717, 1.165) is 12.1 Å². The molecule has 0 bridgehead atoms. The quantitative estimate of drug-likeness (QED) is 0.868. The summed E-state index contributed by atoms with van der Waals surface area (Å²) in [5.41, 5.74) is 0.481. The average Bonchev–Trinajstić information content (AvgIpc) is 2.52. The van der Waals surface area contributed by atoms with Crippen molar-refractivity contribution in [3.05, 3.63) is 42.0 Å². The van der Waals surface area contributed by atoms with Gasteiger partial charge < -0.3 is 14.6 Å². The second kappa shape index (κ2) is 6.20. The van der Waals surface area contributed by atoms with Gasteiger partial charge in [0.15, 0.2) is 0 Å². The number of rotatable bonds is 4. The summed E-state index contributed by atoms with van der Waals surface area (Å²) in [5.74, 6) is -1.41. The van der Waals surface area contributed by atoms with Crippen LogP contribution in [0.2, 0.25) is 0 Å². The first-order valence-corrected chi connectivity index (χ1v) is 6.45. The van der Waals surface area contributed by atoms with Crippen molar-refractivity contribution in [2.75, 3.05) is 14.2 Å². The monoisotopic (exact) mass is 326 g/mol. The molecule has 0 amide bonds. The van der Waals surface area contributed by atoms with Gasteiger partial charge in [-0.25, -0.2) is 0 Å². The van der Waals surface area contributed by atoms with Crippen LogP contribution < -0.4 is 9.47 Å². The maximum atomic E-state index is 12.4. The smallest absolute Gasteiger partial charge is 0.454 e. The third kappa shape index (κ3) is 3.39. The van der Waals surface area contributed by atoms with E-state index in [1.54, 1.807) is 0 Å². The summed E-state index contributed by atoms with van der Waals surface area (Å²) < 4.78 is 47.6. The number of benzene rings is 2. The molecule has 2 rings (SSSR count). The van der Waals surface area contributed by atoms with Crippen molar-refractivity contribution in [3.63, 3.8) is 0 Å². The Hall–Kier alpha value is -2.70. The molecule has 0 heterocycles. The fourth-order valence-corrected chi connectivity index (χ4v) is 2.13. The van der Waals surface area contributed by atoms with E-state index in [9.17, 15) is 23.1 Å². The summed E-state index contributed by atoms with van der Waals surface area (Å²) >= 11 is 0. The van der Waals surface area contributed by atoms with Crippen molar-refractivity contribution in [2.45, 2.75) is 6.18 Å². The molecule has 2 aromatic rings. The Bertz CT molecular complexity index is 696. The lowest BCUT2D eigenvalue weighted by atomic mass is 10.00. The maximum Gasteiger partial charge on any atom is 0.454 e. The lowest BCUT2D eigenvalue weighted by Gasteiger charge is -2.14. The van der Waals surface area contributed by atoms with Crippen LogP contribution in [0.4, 0.5) is 13.2 Å². The Kier molecular flexibility index (Phi) is 4.49. The van der Waals surface area contributed by atoms with E-state index < -0.39 is 17.5 Å². The van der Waals surface area contributed by atoms with Gasteiger partial charge in [-0.3, -0.25) is 4.79 Å². The van der Waals surface area contributed by atoms with Gasteiger partial charge >= 0.3 is 6.18 Å². The van der Waals surface area contributed by atoms with Crippen LogP contribution in [0.15, 0.2) is 36.4 Å². The van der Waals surface area contributed by atoms with Crippen molar-refractivity contribution < 1.29 is 32.5 Å². The van der Waals surface area contributed by atoms with Gasteiger partial charge in [0.1, 0.15) is 17.2 Å². The van der Waals surface area contributed by atoms with Crippen molar-refractivity contribution in [1.29, 1.82) is 0 Å². The molecule has 7 heteroatoms. The van der Waals surface area contributed by atoms with Gasteiger partial charge in [-0.2, -0.15) is 13.2 Å². The zero-order valence-electron chi connectivity index (χ0n) is 12.3. The molecule has 0 atom stereocenters. The van der Waals surface area contributed by atoms with Crippen LogP contribution in [-0.4, -0.2) is 31.3 Å². The molecule has 1 N–H and O–H groups in total. The number of halogens is 3. The van der Waals surface area contributed by atoms with Crippen molar-refractivity contribution in [2.24, 2.45) is 0 Å². The number of phenols is 1. The highest BCUT2D eigenvalue weighted by Crippen LogP contribution is 2.41. The second-order valence-electron chi connectivity index (χ2n) is 4.63. The fraction of sp³-hybridized carbons (Fsp3) is 0.188. The van der Waals surface area contributed by atoms with Gasteiger partial charge in [0.2, 0.25) is 0 Å². The zero-order valence-corrected chi connectivity index (χ0v) is 12.3. The third-order valence-electron chi connectivity index (χ3n) is 3.18. The van der Waals surface area contributed by atoms with Crippen molar-refractivity contribution >= 4 is 5.78 Å². The van der Waals surface area contributed by atoms with E-state index in [0.29, 0.717) is 11.1 Å². The number of alkyl halides is 3. The first kappa shape index (κ1) is 16.7. The Morgan fingerprint density at radius 1 is 1.00 bits per heavy atom. The third-order valence-corrected chi connectivity index (χ3v) is 3.18. The number of carbonyl (C=O) groups excluding carboxylic acids is 1. The maximum absolute atomic E-state index is 12.4. The van der Waals surface area contributed by atoms with Crippen LogP contribution in [0.25, 0.3) is 11.1 Å². The molecule has 0 saturated carbocycles. The molecule has 4 nitrogen and oxygen atoms in total. The minimum Gasteiger partial charge on any atom is -0.508 e. The highest BCUT2D eigenvalue weighted by molar-refractivity contribution is 6.00. The molecule has 0 saturated heterocycles. The lowest BCUT2D eigenvalue weighted by molar-refractivity contribution is -0.0885. The molecule has 0 spiro atoms. The molecule has 0 fully saturated rings. The van der Waals surface area contributed by atoms with Crippen LogP contribution in [-0.2, 0) is 0 Å². The summed E-state index contributed by atoms with van der Waals surface area (Å²) in [5, 5.41) is 9.60. The Morgan fingerprint density at radius 2 is 1.48 bits per heavy atom. The van der Waals surface area contributed by atoms with E-state index in [-0.39, 0.29) is 17.2 Å². The van der Waals surface area contributed by atoms with Crippen molar-refractivity contribution in [1.82, 2.24) is 0 Å². The molecule has 23 heavy (non-hydrogen) atoms. The number of Topliss-reactive ketones (excluding diaryl/α,β-unsaturated/α-hetero) is 1. The van der Waals surface area contributed by atoms with E-state index in [4.69, 9.17) is 9.47 Å². The van der Waals surface area contributed by atoms with Gasteiger partial charge in [-0.15, -0.1) is 0 Å². The Morgan fingerprint density at radius 3 is 1.87 bits per heavy atom. The number of aromatic hydroxyl groups is 1. The second-order valence-corrected chi connectivity index (χ2v) is 4.63. The van der Waals surface area contributed by atoms with Crippen LogP contribution in [0.1, 0.15) is 10.4 Å². The highest BCUT2D eigenvalue weighted by Gasteiger charge is 2.39. The topological polar surface area (TPSA) is 55.8 Å². The molecule has 0 aliphatic rings. The summed E-state index contributed by atoms with van der Waals surface area (Å²) in [6, 6.07) is 7.58. The van der Waals surface area contributed by atoms with E-state index in [1.807, 2.05) is 0 Å². The molecular formula is C16H13F3O4. The minimum atomic E-state index is -4.92. The first-order valence-electron chi connectivity index (χ1n) is 6.45. The number of carbonyl (C=O) groups is 1. The van der Waals surface area contributed by atoms with Crippen LogP contribution in [0, 0.1) is 0 Å². The van der Waals surface area contributed by atoms with Crippen LogP contribution in [0.3, 0.4) is 0 Å². The molecular weight excluding hydrogens is 313 g/mol. The standard InChI is InChI=1S/C16H13F3O4/c1-22-12-7-11(20)8-13(23-2)14(12)9-3-5-10(6-4-9)15(21)16(17,18)19/h3-8,20H,1-2H3. The molecule has 0 unspecified atom stereocenters. The van der Waals surface area contributed by atoms with Gasteiger partial charge in [-0.05, 0) is 5.56 Å². The number of methoxy groups -OCH3 is 2. The van der Waals surface area contributed by atoms with Crippen LogP contribution in [0.5, 0.6) is 17.2 Å². The predicted molar refractivity (Wildman–Crippen MR) is 77.0 cm³/mol. The number of ether oxygens (including phenoxy) is 2. The predicted octanol–water partition coefficient (Wildman–Crippen LogP) is 3.82. The first-order chi connectivity index (χ1) is 10.8.